The van der Waals surface area contributed by atoms with Crippen LogP contribution < -0.4 is 10.9 Å². The molecule has 1 N–H and O–H groups in total. The van der Waals surface area contributed by atoms with E-state index in [9.17, 15) is 18.0 Å². The Morgan fingerprint density at radius 2 is 1.70 bits per heavy atom. The van der Waals surface area contributed by atoms with Gasteiger partial charge in [0.25, 0.3) is 5.91 Å². The van der Waals surface area contributed by atoms with Crippen LogP contribution in [0.1, 0.15) is 40.9 Å². The molecule has 0 aliphatic carbocycles. The lowest BCUT2D eigenvalue weighted by Crippen LogP contribution is -2.35. The van der Waals surface area contributed by atoms with E-state index in [1.165, 1.54) is 22.5 Å². The molecule has 1 saturated heterocycles. The number of sulfonamides is 1. The van der Waals surface area contributed by atoms with Crippen molar-refractivity contribution in [1.29, 1.82) is 0 Å². The minimum Gasteiger partial charge on any atom is -0.427 e. The number of benzene rings is 1. The number of carbonyl (C=O) groups excluding carboxylic acids is 1. The second-order valence-electron chi connectivity index (χ2n) is 6.62. The maximum atomic E-state index is 12.7. The van der Waals surface area contributed by atoms with Gasteiger partial charge in [-0.05, 0) is 56.5 Å². The summed E-state index contributed by atoms with van der Waals surface area (Å²) in [6.07, 6.45) is 2.80. The fourth-order valence-electron chi connectivity index (χ4n) is 3.26. The van der Waals surface area contributed by atoms with Gasteiger partial charge in [0.2, 0.25) is 10.0 Å². The van der Waals surface area contributed by atoms with Gasteiger partial charge in [-0.25, -0.2) is 13.2 Å². The molecule has 1 aromatic heterocycles. The van der Waals surface area contributed by atoms with Crippen LogP contribution in [0.25, 0.3) is 0 Å². The van der Waals surface area contributed by atoms with Gasteiger partial charge in [-0.15, -0.1) is 0 Å². The summed E-state index contributed by atoms with van der Waals surface area (Å²) in [5.74, 6) is -0.179. The lowest BCUT2D eigenvalue weighted by Gasteiger charge is -2.25. The van der Waals surface area contributed by atoms with Gasteiger partial charge in [-0.2, -0.15) is 4.31 Å². The van der Waals surface area contributed by atoms with E-state index in [0.29, 0.717) is 29.9 Å². The number of piperidine rings is 1. The quantitative estimate of drug-likeness (QED) is 0.866. The van der Waals surface area contributed by atoms with E-state index >= 15 is 0 Å². The predicted octanol–water partition coefficient (Wildman–Crippen LogP) is 2.68. The molecule has 7 nitrogen and oxygen atoms in total. The van der Waals surface area contributed by atoms with Gasteiger partial charge < -0.3 is 9.73 Å². The largest absolute Gasteiger partial charge is 0.427 e. The van der Waals surface area contributed by atoms with Crippen LogP contribution in [0.5, 0.6) is 0 Å². The normalized spacial score (nSPS) is 15.5. The van der Waals surface area contributed by atoms with Crippen LogP contribution >= 0.6 is 0 Å². The van der Waals surface area contributed by atoms with Gasteiger partial charge in [0.1, 0.15) is 5.76 Å². The van der Waals surface area contributed by atoms with Gasteiger partial charge >= 0.3 is 5.63 Å². The summed E-state index contributed by atoms with van der Waals surface area (Å²) in [4.78, 5) is 24.1. The summed E-state index contributed by atoms with van der Waals surface area (Å²) in [6, 6.07) is 7.35. The second kappa shape index (κ2) is 7.66. The maximum Gasteiger partial charge on any atom is 0.336 e. The SMILES string of the molecule is Cc1cc(=O)oc(C)c1C(=O)Nc1ccc(S(=O)(=O)N2CCCCC2)cc1. The number of hydrogen-bond acceptors (Lipinski definition) is 5. The van der Waals surface area contributed by atoms with E-state index in [0.717, 1.165) is 19.3 Å². The number of aryl methyl sites for hydroxylation is 2. The monoisotopic (exact) mass is 390 g/mol. The molecule has 1 aliphatic rings. The van der Waals surface area contributed by atoms with E-state index in [2.05, 4.69) is 5.32 Å². The maximum absolute atomic E-state index is 12.7. The Kier molecular flexibility index (Phi) is 5.48. The van der Waals surface area contributed by atoms with Crippen molar-refractivity contribution in [1.82, 2.24) is 4.31 Å². The zero-order valence-electron chi connectivity index (χ0n) is 15.3. The average Bonchev–Trinajstić information content (AvgIpc) is 2.62. The van der Waals surface area contributed by atoms with Crippen LogP contribution in [-0.2, 0) is 10.0 Å². The van der Waals surface area contributed by atoms with Crippen molar-refractivity contribution in [3.05, 3.63) is 57.6 Å². The van der Waals surface area contributed by atoms with Crippen LogP contribution in [0.15, 0.2) is 44.4 Å². The highest BCUT2D eigenvalue weighted by Crippen LogP contribution is 2.22. The Morgan fingerprint density at radius 1 is 1.07 bits per heavy atom. The lowest BCUT2D eigenvalue weighted by molar-refractivity contribution is 0.102. The van der Waals surface area contributed by atoms with E-state index in [1.54, 1.807) is 26.0 Å². The average molecular weight is 390 g/mol. The minimum atomic E-state index is -3.51. The van der Waals surface area contributed by atoms with E-state index < -0.39 is 21.6 Å². The van der Waals surface area contributed by atoms with Crippen molar-refractivity contribution in [3.8, 4) is 0 Å². The first kappa shape index (κ1) is 19.3. The van der Waals surface area contributed by atoms with Crippen LogP contribution in [-0.4, -0.2) is 31.7 Å². The van der Waals surface area contributed by atoms with Crippen LogP contribution in [0.3, 0.4) is 0 Å². The van der Waals surface area contributed by atoms with Gasteiger partial charge in [0.05, 0.1) is 10.5 Å². The van der Waals surface area contributed by atoms with Crippen molar-refractivity contribution in [2.24, 2.45) is 0 Å². The van der Waals surface area contributed by atoms with Crippen molar-refractivity contribution < 1.29 is 17.6 Å². The molecule has 0 bridgehead atoms. The first-order valence-electron chi connectivity index (χ1n) is 8.82. The second-order valence-corrected chi connectivity index (χ2v) is 8.56. The zero-order valence-corrected chi connectivity index (χ0v) is 16.1. The molecule has 0 atom stereocenters. The molecule has 2 aromatic rings. The molecule has 2 heterocycles. The van der Waals surface area contributed by atoms with Gasteiger partial charge in [-0.1, -0.05) is 6.42 Å². The highest BCUT2D eigenvalue weighted by atomic mass is 32.2. The van der Waals surface area contributed by atoms with Crippen molar-refractivity contribution >= 4 is 21.6 Å². The standard InChI is InChI=1S/C19H22N2O5S/c1-13-12-17(22)26-14(2)18(13)19(23)20-15-6-8-16(9-7-15)27(24,25)21-10-4-3-5-11-21/h6-9,12H,3-5,10-11H2,1-2H3,(H,20,23). The third-order valence-electron chi connectivity index (χ3n) is 4.63. The predicted molar refractivity (Wildman–Crippen MR) is 101 cm³/mol. The smallest absolute Gasteiger partial charge is 0.336 e. The van der Waals surface area contributed by atoms with E-state index in [-0.39, 0.29) is 10.7 Å². The lowest BCUT2D eigenvalue weighted by atomic mass is 10.1. The summed E-state index contributed by atoms with van der Waals surface area (Å²) >= 11 is 0. The van der Waals surface area contributed by atoms with Gasteiger partial charge in [0, 0.05) is 24.8 Å². The van der Waals surface area contributed by atoms with Crippen molar-refractivity contribution in [3.63, 3.8) is 0 Å². The van der Waals surface area contributed by atoms with Crippen LogP contribution in [0, 0.1) is 13.8 Å². The Hall–Kier alpha value is -2.45. The Morgan fingerprint density at radius 3 is 2.30 bits per heavy atom. The number of carbonyl (C=O) groups is 1. The summed E-state index contributed by atoms with van der Waals surface area (Å²) in [6.45, 7) is 4.29. The molecule has 0 saturated carbocycles. The molecule has 0 unspecified atom stereocenters. The first-order chi connectivity index (χ1) is 12.8. The molecule has 1 fully saturated rings. The highest BCUT2D eigenvalue weighted by molar-refractivity contribution is 7.89. The fraction of sp³-hybridized carbons (Fsp3) is 0.368. The van der Waals surface area contributed by atoms with E-state index in [1.807, 2.05) is 0 Å². The Labute approximate surface area is 158 Å². The number of amides is 1. The van der Waals surface area contributed by atoms with Crippen molar-refractivity contribution in [2.75, 3.05) is 18.4 Å². The molecule has 0 spiro atoms. The zero-order chi connectivity index (χ0) is 19.6. The summed E-state index contributed by atoms with van der Waals surface area (Å²) in [5, 5.41) is 2.71. The first-order valence-corrected chi connectivity index (χ1v) is 10.3. The minimum absolute atomic E-state index is 0.209. The number of anilines is 1. The molecular formula is C19H22N2O5S. The Bertz CT molecular complexity index is 977. The molecule has 0 radical (unpaired) electrons. The molecule has 1 aliphatic heterocycles. The number of nitrogens with one attached hydrogen (secondary N) is 1. The molecule has 1 aromatic carbocycles. The molecule has 27 heavy (non-hydrogen) atoms. The third-order valence-corrected chi connectivity index (χ3v) is 6.54. The molecule has 3 rings (SSSR count). The molecule has 8 heteroatoms. The third kappa shape index (κ3) is 4.12. The van der Waals surface area contributed by atoms with Crippen molar-refractivity contribution in [2.45, 2.75) is 38.0 Å². The molecular weight excluding hydrogens is 368 g/mol. The topological polar surface area (TPSA) is 96.7 Å². The molecule has 144 valence electrons. The fourth-order valence-corrected chi connectivity index (χ4v) is 4.77. The van der Waals surface area contributed by atoms with Gasteiger partial charge in [0.15, 0.2) is 0 Å². The Balaban J connectivity index is 1.78. The summed E-state index contributed by atoms with van der Waals surface area (Å²) in [5.41, 5.74) is 0.765. The highest BCUT2D eigenvalue weighted by Gasteiger charge is 2.25. The molecule has 1 amide bonds. The number of hydrogen-bond donors (Lipinski definition) is 1. The van der Waals surface area contributed by atoms with E-state index in [4.69, 9.17) is 4.42 Å². The number of rotatable bonds is 4. The van der Waals surface area contributed by atoms with Crippen LogP contribution in [0.2, 0.25) is 0 Å². The summed E-state index contributed by atoms with van der Waals surface area (Å²) in [7, 11) is -3.51. The summed E-state index contributed by atoms with van der Waals surface area (Å²) < 4.78 is 31.8. The van der Waals surface area contributed by atoms with Crippen LogP contribution in [0.4, 0.5) is 5.69 Å². The number of nitrogens with zero attached hydrogens (tertiary/aromatic N) is 1. The van der Waals surface area contributed by atoms with Gasteiger partial charge in [-0.3, -0.25) is 4.79 Å².